The number of imide groups is 1. The van der Waals surface area contributed by atoms with E-state index in [-0.39, 0.29) is 17.9 Å². The van der Waals surface area contributed by atoms with Crippen LogP contribution in [0, 0.1) is 24.0 Å². The second-order valence-corrected chi connectivity index (χ2v) is 6.37. The van der Waals surface area contributed by atoms with Gasteiger partial charge in [-0.05, 0) is 44.0 Å². The molecule has 1 N–H and O–H groups in total. The molecule has 0 saturated carbocycles. The van der Waals surface area contributed by atoms with E-state index in [1.807, 2.05) is 26.8 Å². The largest absolute Gasteiger partial charge is 0.349 e. The first-order valence-electron chi connectivity index (χ1n) is 8.56. The van der Waals surface area contributed by atoms with Gasteiger partial charge in [-0.3, -0.25) is 19.8 Å². The molecule has 1 saturated heterocycles. The van der Waals surface area contributed by atoms with E-state index in [0.717, 1.165) is 28.4 Å². The number of nitrogens with one attached hydrogen (secondary N) is 1. The fraction of sp³-hybridized carbons (Fsp3) is 0.263. The first-order chi connectivity index (χ1) is 12.8. The lowest BCUT2D eigenvalue weighted by atomic mass is 10.2. The van der Waals surface area contributed by atoms with Crippen LogP contribution in [0.2, 0.25) is 0 Å². The SMILES string of the molecule is CCn1c(C)cc(C=C2NC(=O)N(Cc3ccc([N+](=O)[O-])cc3)C2=O)c1C. The molecule has 3 amide bonds. The van der Waals surface area contributed by atoms with Crippen molar-refractivity contribution in [3.05, 3.63) is 68.7 Å². The van der Waals surface area contributed by atoms with Crippen LogP contribution in [-0.4, -0.2) is 26.3 Å². The van der Waals surface area contributed by atoms with Gasteiger partial charge in [0.05, 0.1) is 11.5 Å². The van der Waals surface area contributed by atoms with Crippen molar-refractivity contribution in [2.24, 2.45) is 0 Å². The van der Waals surface area contributed by atoms with E-state index in [1.165, 1.54) is 24.3 Å². The highest BCUT2D eigenvalue weighted by Gasteiger charge is 2.33. The number of carbonyl (C=O) groups excluding carboxylic acids is 2. The number of hydrogen-bond acceptors (Lipinski definition) is 4. The van der Waals surface area contributed by atoms with E-state index >= 15 is 0 Å². The summed E-state index contributed by atoms with van der Waals surface area (Å²) in [6, 6.07) is 7.25. The van der Waals surface area contributed by atoms with Gasteiger partial charge in [0.2, 0.25) is 0 Å². The van der Waals surface area contributed by atoms with Gasteiger partial charge in [0.1, 0.15) is 5.70 Å². The van der Waals surface area contributed by atoms with Crippen molar-refractivity contribution in [3.8, 4) is 0 Å². The third-order valence-electron chi connectivity index (χ3n) is 4.68. The van der Waals surface area contributed by atoms with Crippen molar-refractivity contribution in [1.29, 1.82) is 0 Å². The van der Waals surface area contributed by atoms with Crippen LogP contribution in [-0.2, 0) is 17.9 Å². The lowest BCUT2D eigenvalue weighted by molar-refractivity contribution is -0.384. The van der Waals surface area contributed by atoms with Gasteiger partial charge in [-0.2, -0.15) is 0 Å². The number of rotatable bonds is 5. The van der Waals surface area contributed by atoms with Crippen LogP contribution in [0.4, 0.5) is 10.5 Å². The molecule has 1 aromatic heterocycles. The normalized spacial score (nSPS) is 15.5. The van der Waals surface area contributed by atoms with E-state index in [9.17, 15) is 19.7 Å². The second-order valence-electron chi connectivity index (χ2n) is 6.37. The molecule has 8 nitrogen and oxygen atoms in total. The molecule has 0 aliphatic carbocycles. The van der Waals surface area contributed by atoms with E-state index < -0.39 is 16.9 Å². The Labute approximate surface area is 156 Å². The maximum absolute atomic E-state index is 12.6. The molecule has 0 atom stereocenters. The number of aromatic nitrogens is 1. The summed E-state index contributed by atoms with van der Waals surface area (Å²) >= 11 is 0. The monoisotopic (exact) mass is 368 g/mol. The first-order valence-corrected chi connectivity index (χ1v) is 8.56. The second kappa shape index (κ2) is 7.06. The predicted octanol–water partition coefficient (Wildman–Crippen LogP) is 3.13. The lowest BCUT2D eigenvalue weighted by Crippen LogP contribution is -2.30. The number of hydrogen-bond donors (Lipinski definition) is 1. The summed E-state index contributed by atoms with van der Waals surface area (Å²) in [6.07, 6.45) is 1.69. The van der Waals surface area contributed by atoms with Gasteiger partial charge in [-0.25, -0.2) is 4.79 Å². The highest BCUT2D eigenvalue weighted by atomic mass is 16.6. The minimum atomic E-state index is -0.506. The molecule has 1 aliphatic rings. The van der Waals surface area contributed by atoms with Gasteiger partial charge in [-0.1, -0.05) is 12.1 Å². The highest BCUT2D eigenvalue weighted by molar-refractivity contribution is 6.13. The van der Waals surface area contributed by atoms with E-state index in [2.05, 4.69) is 9.88 Å². The zero-order chi connectivity index (χ0) is 19.7. The molecule has 140 valence electrons. The molecule has 1 aliphatic heterocycles. The molecule has 0 radical (unpaired) electrons. The third-order valence-corrected chi connectivity index (χ3v) is 4.68. The Hall–Kier alpha value is -3.42. The zero-order valence-electron chi connectivity index (χ0n) is 15.4. The minimum Gasteiger partial charge on any atom is -0.349 e. The van der Waals surface area contributed by atoms with Crippen molar-refractivity contribution in [1.82, 2.24) is 14.8 Å². The number of nitro benzene ring substituents is 1. The number of nitrogens with zero attached hydrogens (tertiary/aromatic N) is 3. The number of non-ortho nitro benzene ring substituents is 1. The molecule has 2 heterocycles. The van der Waals surface area contributed by atoms with Gasteiger partial charge in [0, 0.05) is 30.1 Å². The van der Waals surface area contributed by atoms with Gasteiger partial charge in [0.15, 0.2) is 0 Å². The van der Waals surface area contributed by atoms with Crippen LogP contribution in [0.1, 0.15) is 29.4 Å². The van der Waals surface area contributed by atoms with Crippen LogP contribution in [0.25, 0.3) is 6.08 Å². The van der Waals surface area contributed by atoms with Crippen molar-refractivity contribution in [3.63, 3.8) is 0 Å². The predicted molar refractivity (Wildman–Crippen MR) is 99.7 cm³/mol. The van der Waals surface area contributed by atoms with Crippen molar-refractivity contribution in [2.45, 2.75) is 33.9 Å². The number of benzene rings is 1. The number of urea groups is 1. The van der Waals surface area contributed by atoms with Crippen LogP contribution < -0.4 is 5.32 Å². The molecule has 1 fully saturated rings. The maximum atomic E-state index is 12.6. The standard InChI is InChI=1S/C19H20N4O4/c1-4-21-12(2)9-15(13(21)3)10-17-18(24)22(19(25)20-17)11-14-5-7-16(8-6-14)23(26)27/h5-10H,4,11H2,1-3H3,(H,20,25). The number of aryl methyl sites for hydroxylation is 1. The van der Waals surface area contributed by atoms with Gasteiger partial charge >= 0.3 is 6.03 Å². The summed E-state index contributed by atoms with van der Waals surface area (Å²) in [6.45, 7) is 6.89. The molecule has 2 aromatic rings. The molecular formula is C19H20N4O4. The number of nitro groups is 1. The highest BCUT2D eigenvalue weighted by Crippen LogP contribution is 2.22. The molecule has 1 aromatic carbocycles. The number of amides is 3. The van der Waals surface area contributed by atoms with Crippen molar-refractivity contribution >= 4 is 23.7 Å². The fourth-order valence-electron chi connectivity index (χ4n) is 3.24. The molecule has 0 unspecified atom stereocenters. The Morgan fingerprint density at radius 1 is 1.19 bits per heavy atom. The quantitative estimate of drug-likeness (QED) is 0.379. The summed E-state index contributed by atoms with van der Waals surface area (Å²) in [4.78, 5) is 36.2. The van der Waals surface area contributed by atoms with E-state index in [4.69, 9.17) is 0 Å². The molecule has 0 spiro atoms. The maximum Gasteiger partial charge on any atom is 0.329 e. The van der Waals surface area contributed by atoms with Crippen molar-refractivity contribution in [2.75, 3.05) is 0 Å². The molecular weight excluding hydrogens is 348 g/mol. The average molecular weight is 368 g/mol. The minimum absolute atomic E-state index is 0.0391. The van der Waals surface area contributed by atoms with Gasteiger partial charge in [-0.15, -0.1) is 0 Å². The van der Waals surface area contributed by atoms with Gasteiger partial charge in [0.25, 0.3) is 11.6 Å². The molecule has 3 rings (SSSR count). The average Bonchev–Trinajstić information content (AvgIpc) is 3.05. The van der Waals surface area contributed by atoms with Crippen LogP contribution >= 0.6 is 0 Å². The van der Waals surface area contributed by atoms with E-state index in [0.29, 0.717) is 5.56 Å². The number of carbonyl (C=O) groups is 2. The summed E-state index contributed by atoms with van der Waals surface area (Å²) in [5.41, 5.74) is 3.81. The smallest absolute Gasteiger partial charge is 0.329 e. The molecule has 27 heavy (non-hydrogen) atoms. The van der Waals surface area contributed by atoms with Crippen LogP contribution in [0.3, 0.4) is 0 Å². The fourth-order valence-corrected chi connectivity index (χ4v) is 3.24. The Bertz CT molecular complexity index is 957. The first kappa shape index (κ1) is 18.4. The topological polar surface area (TPSA) is 97.5 Å². The summed E-state index contributed by atoms with van der Waals surface area (Å²) < 4.78 is 2.13. The van der Waals surface area contributed by atoms with Crippen LogP contribution in [0.5, 0.6) is 0 Å². The van der Waals surface area contributed by atoms with Crippen molar-refractivity contribution < 1.29 is 14.5 Å². The van der Waals surface area contributed by atoms with Crippen LogP contribution in [0.15, 0.2) is 36.0 Å². The third kappa shape index (κ3) is 3.46. The Balaban J connectivity index is 1.81. The summed E-state index contributed by atoms with van der Waals surface area (Å²) in [7, 11) is 0. The van der Waals surface area contributed by atoms with E-state index in [1.54, 1.807) is 6.08 Å². The Kier molecular flexibility index (Phi) is 4.81. The zero-order valence-corrected chi connectivity index (χ0v) is 15.4. The Morgan fingerprint density at radius 3 is 2.41 bits per heavy atom. The van der Waals surface area contributed by atoms with Gasteiger partial charge < -0.3 is 9.88 Å². The summed E-state index contributed by atoms with van der Waals surface area (Å²) in [5.74, 6) is -0.417. The lowest BCUT2D eigenvalue weighted by Gasteiger charge is -2.11. The molecule has 8 heteroatoms. The molecule has 0 bridgehead atoms. The summed E-state index contributed by atoms with van der Waals surface area (Å²) in [5, 5.41) is 13.3. The Morgan fingerprint density at radius 2 is 1.85 bits per heavy atom.